The molecule has 0 bridgehead atoms. The van der Waals surface area contributed by atoms with Crippen molar-refractivity contribution in [2.45, 2.75) is 36.9 Å². The van der Waals surface area contributed by atoms with Crippen LogP contribution in [0.15, 0.2) is 47.9 Å². The molecule has 1 aromatic heterocycles. The average Bonchev–Trinajstić information content (AvgIpc) is 2.95. The van der Waals surface area contributed by atoms with Crippen molar-refractivity contribution in [3.63, 3.8) is 0 Å². The van der Waals surface area contributed by atoms with Gasteiger partial charge in [0.1, 0.15) is 0 Å². The second-order valence-electron chi connectivity index (χ2n) is 5.53. The van der Waals surface area contributed by atoms with Crippen LogP contribution in [0.1, 0.15) is 24.9 Å². The molecule has 0 aliphatic carbocycles. The number of hydrogen-bond acceptors (Lipinski definition) is 4. The van der Waals surface area contributed by atoms with E-state index < -0.39 is 9.84 Å². The standard InChI is InChI=1S/C15H19N3O2S/c1-12(10-18-8-7-16-11-18)17-14-6-9-21(19,20)15-5-3-2-4-13(14)15/h2-5,7-8,11-12,14,17H,6,9-10H2,1H3. The minimum atomic E-state index is -3.12. The summed E-state index contributed by atoms with van der Waals surface area (Å²) in [6, 6.07) is 7.62. The SMILES string of the molecule is CC(Cn1ccnc1)NC1CCS(=O)(=O)c2ccccc21. The first-order valence-electron chi connectivity index (χ1n) is 7.10. The summed E-state index contributed by atoms with van der Waals surface area (Å²) in [7, 11) is -3.12. The monoisotopic (exact) mass is 305 g/mol. The highest BCUT2D eigenvalue weighted by Crippen LogP contribution is 2.32. The Kier molecular flexibility index (Phi) is 3.82. The molecule has 2 unspecified atom stereocenters. The first kappa shape index (κ1) is 14.3. The number of benzene rings is 1. The predicted octanol–water partition coefficient (Wildman–Crippen LogP) is 1.78. The van der Waals surface area contributed by atoms with Crippen molar-refractivity contribution >= 4 is 9.84 Å². The van der Waals surface area contributed by atoms with E-state index in [1.807, 2.05) is 22.9 Å². The van der Waals surface area contributed by atoms with Gasteiger partial charge in [-0.2, -0.15) is 0 Å². The highest BCUT2D eigenvalue weighted by atomic mass is 32.2. The van der Waals surface area contributed by atoms with Gasteiger partial charge in [0.25, 0.3) is 0 Å². The van der Waals surface area contributed by atoms with Crippen molar-refractivity contribution < 1.29 is 8.42 Å². The molecule has 0 saturated heterocycles. The lowest BCUT2D eigenvalue weighted by Crippen LogP contribution is -2.37. The van der Waals surface area contributed by atoms with Crippen molar-refractivity contribution in [2.75, 3.05) is 5.75 Å². The summed E-state index contributed by atoms with van der Waals surface area (Å²) in [6.07, 6.45) is 6.09. The van der Waals surface area contributed by atoms with Gasteiger partial charge in [0, 0.05) is 31.0 Å². The molecule has 6 heteroatoms. The maximum absolute atomic E-state index is 12.1. The van der Waals surface area contributed by atoms with Crippen LogP contribution in [0.3, 0.4) is 0 Å². The molecule has 21 heavy (non-hydrogen) atoms. The van der Waals surface area contributed by atoms with Crippen LogP contribution in [-0.4, -0.2) is 29.8 Å². The van der Waals surface area contributed by atoms with Crippen molar-refractivity contribution in [2.24, 2.45) is 0 Å². The van der Waals surface area contributed by atoms with Gasteiger partial charge < -0.3 is 9.88 Å². The minimum absolute atomic E-state index is 0.0863. The van der Waals surface area contributed by atoms with Crippen molar-refractivity contribution in [3.8, 4) is 0 Å². The molecule has 1 N–H and O–H groups in total. The third-order valence-corrected chi connectivity index (χ3v) is 5.65. The lowest BCUT2D eigenvalue weighted by molar-refractivity contribution is 0.398. The van der Waals surface area contributed by atoms with Crippen LogP contribution in [0.4, 0.5) is 0 Å². The third kappa shape index (κ3) is 3.01. The highest BCUT2D eigenvalue weighted by molar-refractivity contribution is 7.91. The van der Waals surface area contributed by atoms with Gasteiger partial charge in [0.2, 0.25) is 0 Å². The van der Waals surface area contributed by atoms with Crippen LogP contribution in [0.5, 0.6) is 0 Å². The van der Waals surface area contributed by atoms with Gasteiger partial charge in [-0.05, 0) is 25.0 Å². The molecule has 112 valence electrons. The molecule has 3 rings (SSSR count). The van der Waals surface area contributed by atoms with Crippen LogP contribution in [0.25, 0.3) is 0 Å². The van der Waals surface area contributed by atoms with E-state index >= 15 is 0 Å². The molecule has 0 saturated carbocycles. The first-order chi connectivity index (χ1) is 10.1. The molecular formula is C15H19N3O2S. The Morgan fingerprint density at radius 3 is 3.00 bits per heavy atom. The fourth-order valence-electron chi connectivity index (χ4n) is 2.87. The Balaban J connectivity index is 1.78. The molecule has 0 radical (unpaired) electrons. The van der Waals surface area contributed by atoms with Crippen LogP contribution < -0.4 is 5.32 Å². The number of aromatic nitrogens is 2. The van der Waals surface area contributed by atoms with E-state index in [2.05, 4.69) is 17.2 Å². The topological polar surface area (TPSA) is 64.0 Å². The summed E-state index contributed by atoms with van der Waals surface area (Å²) in [4.78, 5) is 4.51. The Bertz CT molecular complexity index is 710. The lowest BCUT2D eigenvalue weighted by Gasteiger charge is -2.29. The van der Waals surface area contributed by atoms with Crippen molar-refractivity contribution in [3.05, 3.63) is 48.5 Å². The van der Waals surface area contributed by atoms with Crippen molar-refractivity contribution in [1.82, 2.24) is 14.9 Å². The molecule has 1 aliphatic rings. The normalized spacial score (nSPS) is 21.7. The van der Waals surface area contributed by atoms with Gasteiger partial charge in [-0.25, -0.2) is 13.4 Å². The number of sulfone groups is 1. The minimum Gasteiger partial charge on any atom is -0.336 e. The van der Waals surface area contributed by atoms with E-state index in [0.717, 1.165) is 12.1 Å². The molecular weight excluding hydrogens is 286 g/mol. The second kappa shape index (κ2) is 5.61. The summed E-state index contributed by atoms with van der Waals surface area (Å²) in [5.74, 6) is 0.208. The van der Waals surface area contributed by atoms with Gasteiger partial charge in [-0.3, -0.25) is 0 Å². The van der Waals surface area contributed by atoms with Gasteiger partial charge in [-0.1, -0.05) is 18.2 Å². The van der Waals surface area contributed by atoms with E-state index in [9.17, 15) is 8.42 Å². The summed E-state index contributed by atoms with van der Waals surface area (Å²) < 4.78 is 26.3. The molecule has 0 fully saturated rings. The van der Waals surface area contributed by atoms with Crippen LogP contribution in [0, 0.1) is 0 Å². The lowest BCUT2D eigenvalue weighted by atomic mass is 10.0. The number of fused-ring (bicyclic) bond motifs is 1. The maximum atomic E-state index is 12.1. The Morgan fingerprint density at radius 1 is 1.43 bits per heavy atom. The van der Waals surface area contributed by atoms with E-state index in [0.29, 0.717) is 11.3 Å². The van der Waals surface area contributed by atoms with Gasteiger partial charge in [0.15, 0.2) is 9.84 Å². The number of nitrogens with zero attached hydrogens (tertiary/aromatic N) is 2. The largest absolute Gasteiger partial charge is 0.336 e. The Morgan fingerprint density at radius 2 is 2.24 bits per heavy atom. The van der Waals surface area contributed by atoms with Crippen molar-refractivity contribution in [1.29, 1.82) is 0 Å². The van der Waals surface area contributed by atoms with E-state index in [-0.39, 0.29) is 17.8 Å². The quantitative estimate of drug-likeness (QED) is 0.935. The summed E-state index contributed by atoms with van der Waals surface area (Å²) in [5.41, 5.74) is 0.890. The number of hydrogen-bond donors (Lipinski definition) is 1. The Labute approximate surface area is 124 Å². The molecule has 5 nitrogen and oxygen atoms in total. The zero-order valence-electron chi connectivity index (χ0n) is 11.9. The smallest absolute Gasteiger partial charge is 0.178 e. The zero-order valence-corrected chi connectivity index (χ0v) is 12.8. The first-order valence-corrected chi connectivity index (χ1v) is 8.75. The number of nitrogens with one attached hydrogen (secondary N) is 1. The van der Waals surface area contributed by atoms with Gasteiger partial charge >= 0.3 is 0 Å². The average molecular weight is 305 g/mol. The molecule has 0 amide bonds. The third-order valence-electron chi connectivity index (χ3n) is 3.83. The Hall–Kier alpha value is -1.66. The summed E-state index contributed by atoms with van der Waals surface area (Å²) >= 11 is 0. The zero-order chi connectivity index (χ0) is 14.9. The van der Waals surface area contributed by atoms with Crippen LogP contribution >= 0.6 is 0 Å². The maximum Gasteiger partial charge on any atom is 0.178 e. The molecule has 0 spiro atoms. The molecule has 1 aromatic carbocycles. The van der Waals surface area contributed by atoms with Crippen LogP contribution in [-0.2, 0) is 16.4 Å². The van der Waals surface area contributed by atoms with Gasteiger partial charge in [-0.15, -0.1) is 0 Å². The summed E-state index contributed by atoms with van der Waals surface area (Å²) in [6.45, 7) is 2.91. The molecule has 2 atom stereocenters. The van der Waals surface area contributed by atoms with E-state index in [1.54, 1.807) is 24.7 Å². The second-order valence-corrected chi connectivity index (χ2v) is 7.60. The van der Waals surface area contributed by atoms with Crippen LogP contribution in [0.2, 0.25) is 0 Å². The molecule has 2 aromatic rings. The fourth-order valence-corrected chi connectivity index (χ4v) is 4.49. The van der Waals surface area contributed by atoms with E-state index in [4.69, 9.17) is 0 Å². The number of rotatable bonds is 4. The fraction of sp³-hybridized carbons (Fsp3) is 0.400. The predicted molar refractivity (Wildman–Crippen MR) is 80.7 cm³/mol. The van der Waals surface area contributed by atoms with Gasteiger partial charge in [0.05, 0.1) is 17.0 Å². The highest BCUT2D eigenvalue weighted by Gasteiger charge is 2.30. The van der Waals surface area contributed by atoms with E-state index in [1.165, 1.54) is 0 Å². The summed E-state index contributed by atoms with van der Waals surface area (Å²) in [5, 5.41) is 3.54. The molecule has 2 heterocycles. The number of imidazole rings is 1. The molecule has 1 aliphatic heterocycles.